The molecule has 2 heterocycles. The first-order valence-corrected chi connectivity index (χ1v) is 5.74. The SMILES string of the molecule is O=C([O-])C[n+]1ccc(-c2nc(C(F)(F)F)ns2)cc1. The normalized spacial score (nSPS) is 11.5. The molecule has 0 saturated carbocycles. The van der Waals surface area contributed by atoms with E-state index in [-0.39, 0.29) is 11.6 Å². The number of hydrogen-bond donors (Lipinski definition) is 0. The molecule has 0 radical (unpaired) electrons. The average molecular weight is 289 g/mol. The molecular weight excluding hydrogens is 283 g/mol. The minimum absolute atomic E-state index is 0.118. The van der Waals surface area contributed by atoms with Crippen LogP contribution in [0.1, 0.15) is 5.82 Å². The van der Waals surface area contributed by atoms with Crippen LogP contribution >= 0.6 is 11.5 Å². The van der Waals surface area contributed by atoms with Crippen LogP contribution in [0.15, 0.2) is 24.5 Å². The summed E-state index contributed by atoms with van der Waals surface area (Å²) in [5.41, 5.74) is 0.433. The number of nitrogens with zero attached hydrogens (tertiary/aromatic N) is 3. The zero-order valence-corrected chi connectivity index (χ0v) is 10.0. The van der Waals surface area contributed by atoms with Crippen molar-refractivity contribution in [2.45, 2.75) is 12.7 Å². The monoisotopic (exact) mass is 289 g/mol. The highest BCUT2D eigenvalue weighted by Crippen LogP contribution is 2.30. The quantitative estimate of drug-likeness (QED) is 0.760. The van der Waals surface area contributed by atoms with Crippen LogP contribution in [-0.2, 0) is 17.5 Å². The summed E-state index contributed by atoms with van der Waals surface area (Å²) in [6.07, 6.45) is -1.74. The molecule has 2 aromatic rings. The van der Waals surface area contributed by atoms with Crippen molar-refractivity contribution in [3.05, 3.63) is 30.4 Å². The summed E-state index contributed by atoms with van der Waals surface area (Å²) >= 11 is 0.630. The molecule has 0 amide bonds. The topological polar surface area (TPSA) is 69.8 Å². The summed E-state index contributed by atoms with van der Waals surface area (Å²) < 4.78 is 41.5. The molecule has 2 aromatic heterocycles. The number of rotatable bonds is 3. The summed E-state index contributed by atoms with van der Waals surface area (Å²) in [5.74, 6) is -2.44. The van der Waals surface area contributed by atoms with Crippen molar-refractivity contribution in [3.8, 4) is 10.6 Å². The van der Waals surface area contributed by atoms with Crippen LogP contribution in [0.2, 0.25) is 0 Å². The van der Waals surface area contributed by atoms with Gasteiger partial charge in [0.25, 0.3) is 0 Å². The molecule has 0 bridgehead atoms. The van der Waals surface area contributed by atoms with E-state index in [9.17, 15) is 23.1 Å². The average Bonchev–Trinajstić information content (AvgIpc) is 2.78. The van der Waals surface area contributed by atoms with Gasteiger partial charge < -0.3 is 9.90 Å². The maximum Gasteiger partial charge on any atom is 0.452 e. The second-order valence-electron chi connectivity index (χ2n) is 3.55. The van der Waals surface area contributed by atoms with Gasteiger partial charge >= 0.3 is 6.18 Å². The lowest BCUT2D eigenvalue weighted by Crippen LogP contribution is -2.43. The van der Waals surface area contributed by atoms with Crippen LogP contribution in [0.25, 0.3) is 10.6 Å². The smallest absolute Gasteiger partial charge is 0.452 e. The predicted molar refractivity (Wildman–Crippen MR) is 55.5 cm³/mol. The number of carbonyl (C=O) groups is 1. The van der Waals surface area contributed by atoms with E-state index >= 15 is 0 Å². The van der Waals surface area contributed by atoms with Crippen LogP contribution in [0, 0.1) is 0 Å². The van der Waals surface area contributed by atoms with E-state index in [1.54, 1.807) is 0 Å². The van der Waals surface area contributed by atoms with E-state index in [1.807, 2.05) is 0 Å². The van der Waals surface area contributed by atoms with E-state index in [0.717, 1.165) is 0 Å². The molecular formula is C10H6F3N3O2S. The van der Waals surface area contributed by atoms with Gasteiger partial charge in [-0.25, -0.2) is 4.98 Å². The number of carboxylic acids is 1. The van der Waals surface area contributed by atoms with E-state index in [4.69, 9.17) is 0 Å². The Bertz CT molecular complexity index is 595. The van der Waals surface area contributed by atoms with E-state index in [0.29, 0.717) is 17.1 Å². The van der Waals surface area contributed by atoms with Gasteiger partial charge in [-0.2, -0.15) is 22.1 Å². The molecule has 0 saturated heterocycles. The summed E-state index contributed by atoms with van der Waals surface area (Å²) in [7, 11) is 0. The van der Waals surface area contributed by atoms with E-state index in [1.165, 1.54) is 29.1 Å². The van der Waals surface area contributed by atoms with Crippen molar-refractivity contribution in [2.24, 2.45) is 0 Å². The predicted octanol–water partition coefficient (Wildman–Crippen LogP) is 0.261. The second kappa shape index (κ2) is 4.92. The summed E-state index contributed by atoms with van der Waals surface area (Å²) in [6, 6.07) is 2.92. The molecule has 0 aromatic carbocycles. The standard InChI is InChI=1S/C10H6F3N3O2S/c11-10(12,13)9-14-8(19-15-9)6-1-3-16(4-2-6)5-7(17)18/h1-4H,5H2. The van der Waals surface area contributed by atoms with Crippen LogP contribution in [0.4, 0.5) is 13.2 Å². The molecule has 2 rings (SSSR count). The van der Waals surface area contributed by atoms with Gasteiger partial charge in [-0.1, -0.05) is 0 Å². The molecule has 0 aliphatic heterocycles. The van der Waals surface area contributed by atoms with Gasteiger partial charge in [-0.3, -0.25) is 0 Å². The Hall–Kier alpha value is -2.03. The fourth-order valence-electron chi connectivity index (χ4n) is 1.31. The first-order chi connectivity index (χ1) is 8.86. The minimum Gasteiger partial charge on any atom is -0.544 e. The Kier molecular flexibility index (Phi) is 3.47. The molecule has 100 valence electrons. The summed E-state index contributed by atoms with van der Waals surface area (Å²) in [4.78, 5) is 13.7. The number of pyridine rings is 1. The van der Waals surface area contributed by atoms with Gasteiger partial charge in [0.2, 0.25) is 5.82 Å². The minimum atomic E-state index is -4.57. The molecule has 5 nitrogen and oxygen atoms in total. The van der Waals surface area contributed by atoms with Gasteiger partial charge in [0.05, 0.1) is 0 Å². The van der Waals surface area contributed by atoms with Crippen molar-refractivity contribution in [3.63, 3.8) is 0 Å². The fraction of sp³-hybridized carbons (Fsp3) is 0.200. The molecule has 0 unspecified atom stereocenters. The van der Waals surface area contributed by atoms with Crippen molar-refractivity contribution in [2.75, 3.05) is 0 Å². The zero-order valence-electron chi connectivity index (χ0n) is 9.22. The van der Waals surface area contributed by atoms with Gasteiger partial charge in [0, 0.05) is 17.7 Å². The number of alkyl halides is 3. The molecule has 0 atom stereocenters. The number of carbonyl (C=O) groups excluding carboxylic acids is 1. The Labute approximate surface area is 109 Å². The Morgan fingerprint density at radius 3 is 2.47 bits per heavy atom. The molecule has 9 heteroatoms. The van der Waals surface area contributed by atoms with E-state index in [2.05, 4.69) is 9.36 Å². The van der Waals surface area contributed by atoms with Crippen molar-refractivity contribution in [1.82, 2.24) is 9.36 Å². The lowest BCUT2D eigenvalue weighted by molar-refractivity contribution is -0.690. The fourth-order valence-corrected chi connectivity index (χ4v) is 2.00. The van der Waals surface area contributed by atoms with Crippen LogP contribution in [-0.4, -0.2) is 15.3 Å². The van der Waals surface area contributed by atoms with Crippen molar-refractivity contribution < 1.29 is 27.6 Å². The van der Waals surface area contributed by atoms with Crippen LogP contribution < -0.4 is 9.67 Å². The van der Waals surface area contributed by atoms with Gasteiger partial charge in [-0.15, -0.1) is 0 Å². The Balaban J connectivity index is 2.23. The highest BCUT2D eigenvalue weighted by Gasteiger charge is 2.36. The number of hydrogen-bond acceptors (Lipinski definition) is 5. The van der Waals surface area contributed by atoms with Gasteiger partial charge in [0.15, 0.2) is 18.9 Å². The summed E-state index contributed by atoms with van der Waals surface area (Å²) in [6.45, 7) is -0.329. The number of aliphatic carboxylic acids is 1. The highest BCUT2D eigenvalue weighted by atomic mass is 32.1. The summed E-state index contributed by atoms with van der Waals surface area (Å²) in [5, 5.41) is 10.5. The molecule has 19 heavy (non-hydrogen) atoms. The van der Waals surface area contributed by atoms with E-state index < -0.39 is 18.0 Å². The lowest BCUT2D eigenvalue weighted by atomic mass is 10.3. The lowest BCUT2D eigenvalue weighted by Gasteiger charge is -1.99. The molecule has 0 spiro atoms. The zero-order chi connectivity index (χ0) is 14.0. The maximum absolute atomic E-state index is 12.3. The first kappa shape index (κ1) is 13.4. The van der Waals surface area contributed by atoms with Crippen LogP contribution in [0.3, 0.4) is 0 Å². The van der Waals surface area contributed by atoms with Gasteiger partial charge in [-0.05, 0) is 11.5 Å². The third kappa shape index (κ3) is 3.25. The largest absolute Gasteiger partial charge is 0.544 e. The molecule has 0 fully saturated rings. The number of halogens is 3. The number of carboxylic acid groups (broad SMARTS) is 1. The third-order valence-electron chi connectivity index (χ3n) is 2.13. The molecule has 0 N–H and O–H groups in total. The second-order valence-corrected chi connectivity index (χ2v) is 4.30. The molecule has 0 aliphatic carbocycles. The number of aromatic nitrogens is 3. The van der Waals surface area contributed by atoms with Crippen LogP contribution in [0.5, 0.6) is 0 Å². The Morgan fingerprint density at radius 2 is 2.00 bits per heavy atom. The third-order valence-corrected chi connectivity index (χ3v) is 2.89. The molecule has 0 aliphatic rings. The van der Waals surface area contributed by atoms with Crippen molar-refractivity contribution in [1.29, 1.82) is 0 Å². The maximum atomic E-state index is 12.3. The first-order valence-electron chi connectivity index (χ1n) is 4.96. The van der Waals surface area contributed by atoms with Crippen molar-refractivity contribution >= 4 is 17.5 Å². The van der Waals surface area contributed by atoms with Gasteiger partial charge in [0.1, 0.15) is 11.0 Å². The highest BCUT2D eigenvalue weighted by molar-refractivity contribution is 7.09. The Morgan fingerprint density at radius 1 is 1.37 bits per heavy atom.